The van der Waals surface area contributed by atoms with Gasteiger partial charge in [-0.25, -0.2) is 8.42 Å². The van der Waals surface area contributed by atoms with Gasteiger partial charge in [0.25, 0.3) is 10.0 Å². The molecule has 1 aliphatic heterocycles. The van der Waals surface area contributed by atoms with Crippen LogP contribution >= 0.6 is 15.9 Å². The van der Waals surface area contributed by atoms with Crippen molar-refractivity contribution in [1.29, 1.82) is 0 Å². The Labute approximate surface area is 102 Å². The van der Waals surface area contributed by atoms with E-state index < -0.39 is 10.0 Å². The zero-order chi connectivity index (χ0) is 11.6. The molecule has 4 nitrogen and oxygen atoms in total. The van der Waals surface area contributed by atoms with Gasteiger partial charge < -0.3 is 0 Å². The zero-order valence-electron chi connectivity index (χ0n) is 8.22. The Balaban J connectivity index is 2.14. The van der Waals surface area contributed by atoms with Crippen LogP contribution in [-0.4, -0.2) is 14.3 Å². The van der Waals surface area contributed by atoms with Crippen LogP contribution in [-0.2, 0) is 16.6 Å². The molecule has 0 saturated heterocycles. The maximum absolute atomic E-state index is 11.2. The summed E-state index contributed by atoms with van der Waals surface area (Å²) >= 11 is 3.14. The predicted octanol–water partition coefficient (Wildman–Crippen LogP) is 1.75. The first-order chi connectivity index (χ1) is 7.57. The SMILES string of the molecule is O=S1(=O)C=C(Br)C(=NCc2ccccc2)N1. The number of nitrogens with one attached hydrogen (secondary N) is 1. The van der Waals surface area contributed by atoms with Crippen LogP contribution < -0.4 is 4.72 Å². The average Bonchev–Trinajstić information content (AvgIpc) is 2.50. The Hall–Kier alpha value is -1.14. The number of rotatable bonds is 2. The van der Waals surface area contributed by atoms with E-state index in [4.69, 9.17) is 0 Å². The summed E-state index contributed by atoms with van der Waals surface area (Å²) in [4.78, 5) is 4.18. The van der Waals surface area contributed by atoms with Crippen molar-refractivity contribution in [3.05, 3.63) is 45.8 Å². The molecule has 1 aromatic carbocycles. The summed E-state index contributed by atoms with van der Waals surface area (Å²) in [6, 6.07) is 9.62. The highest BCUT2D eigenvalue weighted by Gasteiger charge is 2.21. The lowest BCUT2D eigenvalue weighted by atomic mass is 10.2. The van der Waals surface area contributed by atoms with Gasteiger partial charge in [-0.3, -0.25) is 9.71 Å². The highest BCUT2D eigenvalue weighted by atomic mass is 79.9. The van der Waals surface area contributed by atoms with Crippen molar-refractivity contribution in [2.45, 2.75) is 6.54 Å². The number of amidine groups is 1. The Bertz CT molecular complexity index is 549. The highest BCUT2D eigenvalue weighted by Crippen LogP contribution is 2.16. The fourth-order valence-corrected chi connectivity index (χ4v) is 3.25. The molecule has 0 unspecified atom stereocenters. The van der Waals surface area contributed by atoms with E-state index in [2.05, 4.69) is 25.6 Å². The summed E-state index contributed by atoms with van der Waals surface area (Å²) in [6.45, 7) is 0.446. The lowest BCUT2D eigenvalue weighted by molar-refractivity contribution is 0.602. The third kappa shape index (κ3) is 2.70. The predicted molar refractivity (Wildman–Crippen MR) is 66.6 cm³/mol. The number of aliphatic imine (C=N–C) groups is 1. The van der Waals surface area contributed by atoms with Crippen molar-refractivity contribution in [3.8, 4) is 0 Å². The van der Waals surface area contributed by atoms with Gasteiger partial charge in [0.15, 0.2) is 5.84 Å². The van der Waals surface area contributed by atoms with E-state index in [9.17, 15) is 8.42 Å². The van der Waals surface area contributed by atoms with E-state index in [-0.39, 0.29) is 0 Å². The number of benzene rings is 1. The first-order valence-electron chi connectivity index (χ1n) is 4.55. The monoisotopic (exact) mass is 300 g/mol. The molecule has 6 heteroatoms. The molecule has 0 spiro atoms. The average molecular weight is 301 g/mol. The smallest absolute Gasteiger partial charge is 0.257 e. The second-order valence-corrected chi connectivity index (χ2v) is 5.65. The van der Waals surface area contributed by atoms with Crippen LogP contribution in [0.1, 0.15) is 5.56 Å². The van der Waals surface area contributed by atoms with E-state index in [0.717, 1.165) is 11.0 Å². The molecule has 0 saturated carbocycles. The zero-order valence-corrected chi connectivity index (χ0v) is 10.6. The Kier molecular flexibility index (Phi) is 3.11. The number of hydrogen-bond donors (Lipinski definition) is 1. The van der Waals surface area contributed by atoms with Gasteiger partial charge in [0, 0.05) is 0 Å². The summed E-state index contributed by atoms with van der Waals surface area (Å²) in [5.41, 5.74) is 1.03. The molecule has 0 bridgehead atoms. The van der Waals surface area contributed by atoms with E-state index in [1.165, 1.54) is 0 Å². The van der Waals surface area contributed by atoms with Gasteiger partial charge >= 0.3 is 0 Å². The third-order valence-corrected chi connectivity index (χ3v) is 3.92. The summed E-state index contributed by atoms with van der Waals surface area (Å²) < 4.78 is 25.1. The third-order valence-electron chi connectivity index (χ3n) is 1.99. The minimum Gasteiger partial charge on any atom is -0.263 e. The molecule has 0 aromatic heterocycles. The van der Waals surface area contributed by atoms with Crippen molar-refractivity contribution in [1.82, 2.24) is 4.72 Å². The van der Waals surface area contributed by atoms with Crippen molar-refractivity contribution in [3.63, 3.8) is 0 Å². The second-order valence-electron chi connectivity index (χ2n) is 3.26. The number of sulfonamides is 1. The van der Waals surface area contributed by atoms with Crippen LogP contribution in [0.3, 0.4) is 0 Å². The van der Waals surface area contributed by atoms with Gasteiger partial charge in [0.05, 0.1) is 16.4 Å². The minimum atomic E-state index is -3.34. The normalized spacial score (nSPS) is 20.6. The summed E-state index contributed by atoms with van der Waals surface area (Å²) in [6.07, 6.45) is 0. The lowest BCUT2D eigenvalue weighted by Crippen LogP contribution is -2.22. The van der Waals surface area contributed by atoms with Gasteiger partial charge in [-0.2, -0.15) is 0 Å². The first kappa shape index (κ1) is 11.3. The van der Waals surface area contributed by atoms with Crippen molar-refractivity contribution >= 4 is 31.8 Å². The van der Waals surface area contributed by atoms with E-state index >= 15 is 0 Å². The molecule has 1 heterocycles. The van der Waals surface area contributed by atoms with E-state index in [1.807, 2.05) is 30.3 Å². The van der Waals surface area contributed by atoms with Crippen LogP contribution in [0.15, 0.2) is 45.2 Å². The molecule has 0 aliphatic carbocycles. The van der Waals surface area contributed by atoms with Gasteiger partial charge in [-0.1, -0.05) is 30.3 Å². The minimum absolute atomic E-state index is 0.351. The van der Waals surface area contributed by atoms with Crippen molar-refractivity contribution in [2.24, 2.45) is 4.99 Å². The van der Waals surface area contributed by atoms with Crippen LogP contribution in [0.25, 0.3) is 0 Å². The molecule has 1 aliphatic rings. The second kappa shape index (κ2) is 4.39. The van der Waals surface area contributed by atoms with Gasteiger partial charge in [0.1, 0.15) is 0 Å². The highest BCUT2D eigenvalue weighted by molar-refractivity contribution is 9.12. The Morgan fingerprint density at radius 3 is 2.50 bits per heavy atom. The van der Waals surface area contributed by atoms with Crippen LogP contribution in [0.2, 0.25) is 0 Å². The molecule has 16 heavy (non-hydrogen) atoms. The van der Waals surface area contributed by atoms with Crippen molar-refractivity contribution < 1.29 is 8.42 Å². The summed E-state index contributed by atoms with van der Waals surface area (Å²) in [5.74, 6) is 0.351. The molecule has 0 radical (unpaired) electrons. The standard InChI is InChI=1S/C10H9BrN2O2S/c11-9-7-16(14,15)13-10(9)12-6-8-4-2-1-3-5-8/h1-5,7H,6H2,(H,12,13). The quantitative estimate of drug-likeness (QED) is 0.905. The molecular weight excluding hydrogens is 292 g/mol. The van der Waals surface area contributed by atoms with Crippen LogP contribution in [0.4, 0.5) is 0 Å². The van der Waals surface area contributed by atoms with Gasteiger partial charge in [0.2, 0.25) is 0 Å². The first-order valence-corrected chi connectivity index (χ1v) is 6.89. The molecule has 1 N–H and O–H groups in total. The number of nitrogens with zero attached hydrogens (tertiary/aromatic N) is 1. The number of hydrogen-bond acceptors (Lipinski definition) is 3. The summed E-state index contributed by atoms with van der Waals surface area (Å²) in [7, 11) is -3.34. The molecule has 0 fully saturated rings. The van der Waals surface area contributed by atoms with E-state index in [1.54, 1.807) is 0 Å². The maximum Gasteiger partial charge on any atom is 0.257 e. The molecular formula is C10H9BrN2O2S. The molecule has 1 aromatic rings. The molecule has 84 valence electrons. The summed E-state index contributed by atoms with van der Waals surface area (Å²) in [5, 5.41) is 1.11. The van der Waals surface area contributed by atoms with Crippen LogP contribution in [0, 0.1) is 0 Å². The fourth-order valence-electron chi connectivity index (χ4n) is 1.27. The van der Waals surface area contributed by atoms with E-state index in [0.29, 0.717) is 16.9 Å². The number of halogens is 1. The molecule has 0 amide bonds. The fraction of sp³-hybridized carbons (Fsp3) is 0.100. The maximum atomic E-state index is 11.2. The molecule has 0 atom stereocenters. The van der Waals surface area contributed by atoms with Crippen molar-refractivity contribution in [2.75, 3.05) is 0 Å². The van der Waals surface area contributed by atoms with Gasteiger partial charge in [-0.05, 0) is 21.5 Å². The van der Waals surface area contributed by atoms with Gasteiger partial charge in [-0.15, -0.1) is 0 Å². The largest absolute Gasteiger partial charge is 0.263 e. The lowest BCUT2D eigenvalue weighted by Gasteiger charge is -1.99. The van der Waals surface area contributed by atoms with Crippen LogP contribution in [0.5, 0.6) is 0 Å². The Morgan fingerprint density at radius 2 is 1.94 bits per heavy atom. The molecule has 2 rings (SSSR count). The topological polar surface area (TPSA) is 58.5 Å². The Morgan fingerprint density at radius 1 is 1.25 bits per heavy atom.